The zero-order valence-electron chi connectivity index (χ0n) is 15.1. The van der Waals surface area contributed by atoms with Crippen LogP contribution in [0.25, 0.3) is 11.3 Å². The summed E-state index contributed by atoms with van der Waals surface area (Å²) in [5.41, 5.74) is 4.83. The molecule has 0 saturated carbocycles. The number of benzene rings is 1. The van der Waals surface area contributed by atoms with Crippen LogP contribution < -0.4 is 0 Å². The number of nitrogens with zero attached hydrogens (tertiary/aromatic N) is 4. The van der Waals surface area contributed by atoms with Gasteiger partial charge < -0.3 is 4.42 Å². The first-order valence-electron chi connectivity index (χ1n) is 8.87. The molecule has 0 spiro atoms. The van der Waals surface area contributed by atoms with Gasteiger partial charge in [-0.25, -0.2) is 4.98 Å². The van der Waals surface area contributed by atoms with Crippen molar-refractivity contribution in [3.8, 4) is 11.3 Å². The van der Waals surface area contributed by atoms with E-state index in [0.29, 0.717) is 6.04 Å². The highest BCUT2D eigenvalue weighted by Gasteiger charge is 2.31. The molecule has 1 saturated heterocycles. The zero-order chi connectivity index (χ0) is 17.4. The highest BCUT2D eigenvalue weighted by Crippen LogP contribution is 2.36. The summed E-state index contributed by atoms with van der Waals surface area (Å²) in [6.07, 6.45) is 4.20. The predicted octanol–water partition coefficient (Wildman–Crippen LogP) is 4.03. The van der Waals surface area contributed by atoms with E-state index in [0.717, 1.165) is 36.0 Å². The lowest BCUT2D eigenvalue weighted by Gasteiger charge is -2.23. The molecule has 1 aromatic carbocycles. The van der Waals surface area contributed by atoms with Gasteiger partial charge >= 0.3 is 0 Å². The van der Waals surface area contributed by atoms with Crippen molar-refractivity contribution in [2.24, 2.45) is 7.05 Å². The lowest BCUT2D eigenvalue weighted by Crippen LogP contribution is -2.23. The van der Waals surface area contributed by atoms with Crippen LogP contribution in [-0.2, 0) is 13.6 Å². The lowest BCUT2D eigenvalue weighted by molar-refractivity contribution is 0.223. The van der Waals surface area contributed by atoms with E-state index >= 15 is 0 Å². The molecule has 0 radical (unpaired) electrons. The Hall–Kier alpha value is -2.40. The number of hydrogen-bond donors (Lipinski definition) is 0. The minimum Gasteiger partial charge on any atom is -0.439 e. The summed E-state index contributed by atoms with van der Waals surface area (Å²) in [4.78, 5) is 6.97. The van der Waals surface area contributed by atoms with Crippen LogP contribution in [0.3, 0.4) is 0 Å². The summed E-state index contributed by atoms with van der Waals surface area (Å²) < 4.78 is 7.99. The van der Waals surface area contributed by atoms with Gasteiger partial charge in [-0.2, -0.15) is 5.10 Å². The molecule has 0 amide bonds. The van der Waals surface area contributed by atoms with E-state index in [4.69, 9.17) is 4.42 Å². The topological polar surface area (TPSA) is 47.1 Å². The summed E-state index contributed by atoms with van der Waals surface area (Å²) in [5, 5.41) is 4.59. The molecule has 0 bridgehead atoms. The van der Waals surface area contributed by atoms with Crippen molar-refractivity contribution in [3.05, 3.63) is 59.4 Å². The molecule has 1 aliphatic rings. The molecular weight excluding hydrogens is 312 g/mol. The lowest BCUT2D eigenvalue weighted by atomic mass is 10.0. The Kier molecular flexibility index (Phi) is 4.17. The van der Waals surface area contributed by atoms with Crippen LogP contribution in [0, 0.1) is 13.8 Å². The van der Waals surface area contributed by atoms with Crippen molar-refractivity contribution in [2.75, 3.05) is 6.54 Å². The number of aromatic nitrogens is 3. The fourth-order valence-electron chi connectivity index (χ4n) is 3.91. The smallest absolute Gasteiger partial charge is 0.209 e. The van der Waals surface area contributed by atoms with Crippen molar-refractivity contribution in [3.63, 3.8) is 0 Å². The molecule has 2 aromatic heterocycles. The molecular formula is C20H24N4O. The first-order chi connectivity index (χ1) is 12.1. The van der Waals surface area contributed by atoms with E-state index in [9.17, 15) is 0 Å². The average molecular weight is 336 g/mol. The maximum Gasteiger partial charge on any atom is 0.209 e. The predicted molar refractivity (Wildman–Crippen MR) is 97.0 cm³/mol. The van der Waals surface area contributed by atoms with E-state index in [1.807, 2.05) is 48.3 Å². The number of aryl methyl sites for hydroxylation is 2. The molecule has 130 valence electrons. The van der Waals surface area contributed by atoms with Crippen LogP contribution in [0.4, 0.5) is 0 Å². The number of rotatable bonds is 4. The summed E-state index contributed by atoms with van der Waals surface area (Å²) in [6, 6.07) is 10.5. The average Bonchev–Trinajstić information content (AvgIpc) is 3.31. The third-order valence-electron chi connectivity index (χ3n) is 5.21. The molecule has 1 fully saturated rings. The van der Waals surface area contributed by atoms with Crippen LogP contribution >= 0.6 is 0 Å². The monoisotopic (exact) mass is 336 g/mol. The van der Waals surface area contributed by atoms with Crippen LogP contribution in [0.5, 0.6) is 0 Å². The van der Waals surface area contributed by atoms with Gasteiger partial charge in [0.05, 0.1) is 18.4 Å². The van der Waals surface area contributed by atoms with Crippen molar-refractivity contribution < 1.29 is 4.42 Å². The van der Waals surface area contributed by atoms with E-state index in [2.05, 4.69) is 28.8 Å². The molecule has 5 heteroatoms. The Morgan fingerprint density at radius 1 is 1.20 bits per heavy atom. The van der Waals surface area contributed by atoms with Gasteiger partial charge in [-0.15, -0.1) is 0 Å². The zero-order valence-corrected chi connectivity index (χ0v) is 15.1. The molecule has 5 nitrogen and oxygen atoms in total. The van der Waals surface area contributed by atoms with E-state index in [1.54, 1.807) is 0 Å². The molecule has 4 rings (SSSR count). The number of oxazole rings is 1. The highest BCUT2D eigenvalue weighted by atomic mass is 16.4. The van der Waals surface area contributed by atoms with Gasteiger partial charge in [-0.05, 0) is 33.2 Å². The Morgan fingerprint density at radius 3 is 2.72 bits per heavy atom. The van der Waals surface area contributed by atoms with Gasteiger partial charge in [0.2, 0.25) is 5.89 Å². The Morgan fingerprint density at radius 2 is 2.00 bits per heavy atom. The largest absolute Gasteiger partial charge is 0.439 e. The number of likely N-dealkylation sites (tertiary alicyclic amines) is 1. The quantitative estimate of drug-likeness (QED) is 0.722. The van der Waals surface area contributed by atoms with Gasteiger partial charge in [0.25, 0.3) is 0 Å². The second kappa shape index (κ2) is 6.48. The van der Waals surface area contributed by atoms with Gasteiger partial charge in [-0.1, -0.05) is 30.3 Å². The normalized spacial score (nSPS) is 18.1. The van der Waals surface area contributed by atoms with Gasteiger partial charge in [0.1, 0.15) is 0 Å². The minimum atomic E-state index is 0.403. The van der Waals surface area contributed by atoms with Gasteiger partial charge in [0.15, 0.2) is 5.76 Å². The van der Waals surface area contributed by atoms with Crippen molar-refractivity contribution in [1.29, 1.82) is 0 Å². The molecule has 0 unspecified atom stereocenters. The van der Waals surface area contributed by atoms with Gasteiger partial charge in [-0.3, -0.25) is 9.58 Å². The Balaban J connectivity index is 1.55. The Bertz CT molecular complexity index is 865. The first-order valence-corrected chi connectivity index (χ1v) is 8.87. The number of hydrogen-bond acceptors (Lipinski definition) is 4. The van der Waals surface area contributed by atoms with E-state index in [1.165, 1.54) is 24.1 Å². The van der Waals surface area contributed by atoms with E-state index in [-0.39, 0.29) is 0 Å². The summed E-state index contributed by atoms with van der Waals surface area (Å²) in [5.74, 6) is 1.62. The fraction of sp³-hybridized carbons (Fsp3) is 0.400. The van der Waals surface area contributed by atoms with Crippen LogP contribution in [-0.4, -0.2) is 26.2 Å². The van der Waals surface area contributed by atoms with Crippen molar-refractivity contribution >= 4 is 0 Å². The first kappa shape index (κ1) is 16.1. The van der Waals surface area contributed by atoms with E-state index < -0.39 is 0 Å². The third kappa shape index (κ3) is 3.00. The van der Waals surface area contributed by atoms with Crippen molar-refractivity contribution in [1.82, 2.24) is 19.7 Å². The summed E-state index contributed by atoms with van der Waals surface area (Å²) >= 11 is 0. The van der Waals surface area contributed by atoms with Crippen molar-refractivity contribution in [2.45, 2.75) is 39.3 Å². The van der Waals surface area contributed by atoms with Gasteiger partial charge in [0, 0.05) is 29.9 Å². The fourth-order valence-corrected chi connectivity index (χ4v) is 3.91. The van der Waals surface area contributed by atoms with Crippen LogP contribution in [0.1, 0.15) is 41.7 Å². The highest BCUT2D eigenvalue weighted by molar-refractivity contribution is 5.55. The maximum atomic E-state index is 6.01. The summed E-state index contributed by atoms with van der Waals surface area (Å²) in [6.45, 7) is 6.08. The molecule has 1 aliphatic heterocycles. The second-order valence-corrected chi connectivity index (χ2v) is 6.82. The minimum absolute atomic E-state index is 0.403. The molecule has 0 N–H and O–H groups in total. The Labute approximate surface area is 148 Å². The molecule has 3 heterocycles. The standard InChI is InChI=1S/C20H24N4O/c1-14-20(15(2)23(3)22-14)17-10-7-11-24(17)13-19-21-12-18(25-19)16-8-5-4-6-9-16/h4-6,8-9,12,17H,7,10-11,13H2,1-3H3/t17-/m1/s1. The third-order valence-corrected chi connectivity index (χ3v) is 5.21. The molecule has 3 aromatic rings. The van der Waals surface area contributed by atoms with Crippen LogP contribution in [0.2, 0.25) is 0 Å². The molecule has 1 atom stereocenters. The molecule has 25 heavy (non-hydrogen) atoms. The van der Waals surface area contributed by atoms with Crippen LogP contribution in [0.15, 0.2) is 40.9 Å². The second-order valence-electron chi connectivity index (χ2n) is 6.82. The SMILES string of the molecule is Cc1nn(C)c(C)c1[C@H]1CCCN1Cc1ncc(-c2ccccc2)o1. The maximum absolute atomic E-state index is 6.01. The summed E-state index contributed by atoms with van der Waals surface area (Å²) in [7, 11) is 2.02. The molecule has 0 aliphatic carbocycles.